The molecule has 1 aromatic heterocycles. The topological polar surface area (TPSA) is 50.1 Å². The average molecular weight is 279 g/mol. The third kappa shape index (κ3) is 2.74. The summed E-state index contributed by atoms with van der Waals surface area (Å²) < 4.78 is 2.01. The Morgan fingerprint density at radius 1 is 1.05 bits per heavy atom. The Morgan fingerprint density at radius 3 is 2.52 bits per heavy atom. The molecule has 0 atom stereocenters. The molecule has 1 heterocycles. The minimum Gasteiger partial charge on any atom is -0.508 e. The monoisotopic (exact) mass is 279 g/mol. The van der Waals surface area contributed by atoms with Crippen LogP contribution in [-0.4, -0.2) is 14.7 Å². The van der Waals surface area contributed by atoms with Crippen molar-refractivity contribution < 1.29 is 5.11 Å². The lowest BCUT2D eigenvalue weighted by molar-refractivity contribution is 0.469. The number of rotatable bonds is 4. The maximum Gasteiger partial charge on any atom is 0.203 e. The molecule has 0 spiro atoms. The predicted molar refractivity (Wildman–Crippen MR) is 84.1 cm³/mol. The summed E-state index contributed by atoms with van der Waals surface area (Å²) in [5, 5.41) is 13.0. The van der Waals surface area contributed by atoms with E-state index in [4.69, 9.17) is 0 Å². The van der Waals surface area contributed by atoms with Crippen LogP contribution < -0.4 is 5.32 Å². The summed E-state index contributed by atoms with van der Waals surface area (Å²) in [5.41, 5.74) is 3.03. The molecule has 3 rings (SSSR count). The molecule has 0 aliphatic carbocycles. The van der Waals surface area contributed by atoms with Gasteiger partial charge in [-0.3, -0.25) is 0 Å². The number of hydrogen-bond acceptors (Lipinski definition) is 3. The van der Waals surface area contributed by atoms with Crippen molar-refractivity contribution in [2.45, 2.75) is 6.54 Å². The van der Waals surface area contributed by atoms with Crippen molar-refractivity contribution in [1.82, 2.24) is 9.55 Å². The SMILES string of the molecule is Cn1c(-c2ccccc2)cnc1NCc1ccccc1O. The summed E-state index contributed by atoms with van der Waals surface area (Å²) in [4.78, 5) is 4.41. The molecule has 0 aliphatic rings. The Balaban J connectivity index is 1.79. The van der Waals surface area contributed by atoms with E-state index in [1.165, 1.54) is 0 Å². The van der Waals surface area contributed by atoms with Gasteiger partial charge in [-0.2, -0.15) is 0 Å². The van der Waals surface area contributed by atoms with Gasteiger partial charge < -0.3 is 15.0 Å². The number of aromatic hydroxyl groups is 1. The van der Waals surface area contributed by atoms with E-state index >= 15 is 0 Å². The molecule has 2 N–H and O–H groups in total. The summed E-state index contributed by atoms with van der Waals surface area (Å²) in [7, 11) is 1.97. The first-order valence-corrected chi connectivity index (χ1v) is 6.83. The molecule has 0 saturated heterocycles. The first kappa shape index (κ1) is 13.2. The number of imidazole rings is 1. The van der Waals surface area contributed by atoms with Crippen LogP contribution in [0.1, 0.15) is 5.56 Å². The molecule has 0 bridgehead atoms. The Bertz CT molecular complexity index is 735. The van der Waals surface area contributed by atoms with Crippen molar-refractivity contribution in [3.05, 3.63) is 66.4 Å². The zero-order chi connectivity index (χ0) is 14.7. The summed E-state index contributed by atoms with van der Waals surface area (Å²) >= 11 is 0. The van der Waals surface area contributed by atoms with Crippen LogP contribution >= 0.6 is 0 Å². The fourth-order valence-corrected chi connectivity index (χ4v) is 2.29. The van der Waals surface area contributed by atoms with E-state index in [2.05, 4.69) is 22.4 Å². The molecule has 2 aromatic carbocycles. The first-order valence-electron chi connectivity index (χ1n) is 6.83. The van der Waals surface area contributed by atoms with Gasteiger partial charge in [0.1, 0.15) is 5.75 Å². The predicted octanol–water partition coefficient (Wildman–Crippen LogP) is 3.40. The van der Waals surface area contributed by atoms with Crippen molar-refractivity contribution in [3.63, 3.8) is 0 Å². The number of nitrogens with zero attached hydrogens (tertiary/aromatic N) is 2. The van der Waals surface area contributed by atoms with Crippen LogP contribution in [0.2, 0.25) is 0 Å². The van der Waals surface area contributed by atoms with E-state index in [1.807, 2.05) is 54.2 Å². The van der Waals surface area contributed by atoms with E-state index in [1.54, 1.807) is 6.07 Å². The fraction of sp³-hybridized carbons (Fsp3) is 0.118. The van der Waals surface area contributed by atoms with E-state index in [-0.39, 0.29) is 0 Å². The van der Waals surface area contributed by atoms with Crippen LogP contribution in [0.3, 0.4) is 0 Å². The van der Waals surface area contributed by atoms with Gasteiger partial charge in [0, 0.05) is 19.2 Å². The number of para-hydroxylation sites is 1. The van der Waals surface area contributed by atoms with Gasteiger partial charge in [0.05, 0.1) is 11.9 Å². The molecule has 0 unspecified atom stereocenters. The molecule has 0 aliphatic heterocycles. The molecule has 0 fully saturated rings. The highest BCUT2D eigenvalue weighted by molar-refractivity contribution is 5.61. The highest BCUT2D eigenvalue weighted by atomic mass is 16.3. The molecule has 21 heavy (non-hydrogen) atoms. The summed E-state index contributed by atoms with van der Waals surface area (Å²) in [5.74, 6) is 1.07. The molecule has 106 valence electrons. The molecular formula is C17H17N3O. The standard InChI is InChI=1S/C17H17N3O/c1-20-15(13-7-3-2-4-8-13)12-19-17(20)18-11-14-9-5-6-10-16(14)21/h2-10,12,21H,11H2,1H3,(H,18,19). The highest BCUT2D eigenvalue weighted by Crippen LogP contribution is 2.22. The van der Waals surface area contributed by atoms with Crippen LogP contribution in [-0.2, 0) is 13.6 Å². The van der Waals surface area contributed by atoms with Gasteiger partial charge in [-0.1, -0.05) is 48.5 Å². The van der Waals surface area contributed by atoms with Gasteiger partial charge in [0.2, 0.25) is 5.95 Å². The number of nitrogens with one attached hydrogen (secondary N) is 1. The normalized spacial score (nSPS) is 10.5. The van der Waals surface area contributed by atoms with Crippen molar-refractivity contribution in [2.24, 2.45) is 7.05 Å². The lowest BCUT2D eigenvalue weighted by atomic mass is 10.2. The van der Waals surface area contributed by atoms with Crippen molar-refractivity contribution in [1.29, 1.82) is 0 Å². The minimum absolute atomic E-state index is 0.294. The van der Waals surface area contributed by atoms with Gasteiger partial charge in [-0.25, -0.2) is 4.98 Å². The van der Waals surface area contributed by atoms with Gasteiger partial charge in [-0.05, 0) is 11.6 Å². The van der Waals surface area contributed by atoms with Gasteiger partial charge >= 0.3 is 0 Å². The van der Waals surface area contributed by atoms with E-state index < -0.39 is 0 Å². The maximum atomic E-state index is 9.77. The molecule has 4 heteroatoms. The minimum atomic E-state index is 0.294. The maximum absolute atomic E-state index is 9.77. The molecule has 0 amide bonds. The van der Waals surface area contributed by atoms with Gasteiger partial charge in [0.25, 0.3) is 0 Å². The van der Waals surface area contributed by atoms with Crippen LogP contribution in [0.4, 0.5) is 5.95 Å². The van der Waals surface area contributed by atoms with Crippen LogP contribution in [0.5, 0.6) is 5.75 Å². The van der Waals surface area contributed by atoms with E-state index in [9.17, 15) is 5.11 Å². The first-order chi connectivity index (χ1) is 10.3. The molecule has 0 saturated carbocycles. The van der Waals surface area contributed by atoms with Crippen LogP contribution in [0.15, 0.2) is 60.8 Å². The number of hydrogen-bond donors (Lipinski definition) is 2. The highest BCUT2D eigenvalue weighted by Gasteiger charge is 2.08. The Labute approximate surface area is 123 Å². The molecule has 0 radical (unpaired) electrons. The smallest absolute Gasteiger partial charge is 0.203 e. The quantitative estimate of drug-likeness (QED) is 0.769. The Morgan fingerprint density at radius 2 is 1.76 bits per heavy atom. The van der Waals surface area contributed by atoms with E-state index in [0.29, 0.717) is 12.3 Å². The zero-order valence-electron chi connectivity index (χ0n) is 11.8. The fourth-order valence-electron chi connectivity index (χ4n) is 2.29. The Kier molecular flexibility index (Phi) is 3.60. The van der Waals surface area contributed by atoms with E-state index in [0.717, 1.165) is 22.8 Å². The van der Waals surface area contributed by atoms with Crippen molar-refractivity contribution >= 4 is 5.95 Å². The summed E-state index contributed by atoms with van der Waals surface area (Å²) in [6.45, 7) is 0.533. The second-order valence-corrected chi connectivity index (χ2v) is 4.87. The third-order valence-electron chi connectivity index (χ3n) is 3.49. The number of phenolic OH excluding ortho intramolecular Hbond substituents is 1. The van der Waals surface area contributed by atoms with Crippen molar-refractivity contribution in [3.8, 4) is 17.0 Å². The number of benzene rings is 2. The molecular weight excluding hydrogens is 262 g/mol. The van der Waals surface area contributed by atoms with Gasteiger partial charge in [0.15, 0.2) is 0 Å². The number of aromatic nitrogens is 2. The van der Waals surface area contributed by atoms with Gasteiger partial charge in [-0.15, -0.1) is 0 Å². The largest absolute Gasteiger partial charge is 0.508 e. The third-order valence-corrected chi connectivity index (χ3v) is 3.49. The summed E-state index contributed by atoms with van der Waals surface area (Å²) in [6.07, 6.45) is 1.85. The average Bonchev–Trinajstić information content (AvgIpc) is 2.88. The number of anilines is 1. The molecule has 3 aromatic rings. The Hall–Kier alpha value is -2.75. The lowest BCUT2D eigenvalue weighted by Crippen LogP contribution is -2.05. The second-order valence-electron chi connectivity index (χ2n) is 4.87. The second kappa shape index (κ2) is 5.71. The zero-order valence-corrected chi connectivity index (χ0v) is 11.8. The van der Waals surface area contributed by atoms with Crippen LogP contribution in [0, 0.1) is 0 Å². The van der Waals surface area contributed by atoms with Crippen LogP contribution in [0.25, 0.3) is 11.3 Å². The lowest BCUT2D eigenvalue weighted by Gasteiger charge is -2.09. The number of phenols is 1. The summed E-state index contributed by atoms with van der Waals surface area (Å²) in [6, 6.07) is 17.4. The van der Waals surface area contributed by atoms with Crippen molar-refractivity contribution in [2.75, 3.05) is 5.32 Å². The molecule has 4 nitrogen and oxygen atoms in total.